The minimum absolute atomic E-state index is 0.180. The van der Waals surface area contributed by atoms with Gasteiger partial charge in [-0.05, 0) is 32.0 Å². The van der Waals surface area contributed by atoms with E-state index >= 15 is 0 Å². The fourth-order valence-corrected chi connectivity index (χ4v) is 2.16. The number of hydrogen-bond donors (Lipinski definition) is 2. The molecule has 0 bridgehead atoms. The van der Waals surface area contributed by atoms with Gasteiger partial charge in [0.25, 0.3) is 0 Å². The second kappa shape index (κ2) is 5.47. The molecular weight excluding hydrogens is 221 g/mol. The summed E-state index contributed by atoms with van der Waals surface area (Å²) in [7, 11) is 1.46. The number of aliphatic hydroxyl groups is 1. The summed E-state index contributed by atoms with van der Waals surface area (Å²) in [6, 6.07) is 4.50. The first kappa shape index (κ1) is 13.9. The van der Waals surface area contributed by atoms with E-state index in [0.717, 1.165) is 0 Å². The predicted octanol–water partition coefficient (Wildman–Crippen LogP) is 2.03. The van der Waals surface area contributed by atoms with E-state index < -0.39 is 11.4 Å². The highest BCUT2D eigenvalue weighted by atomic mass is 19.1. The van der Waals surface area contributed by atoms with Crippen LogP contribution in [0.1, 0.15) is 25.8 Å². The summed E-state index contributed by atoms with van der Waals surface area (Å²) in [4.78, 5) is 0. The Balaban J connectivity index is 3.30. The first-order valence-corrected chi connectivity index (χ1v) is 5.74. The van der Waals surface area contributed by atoms with Gasteiger partial charge in [-0.2, -0.15) is 0 Å². The van der Waals surface area contributed by atoms with Crippen LogP contribution in [0.2, 0.25) is 0 Å². The van der Waals surface area contributed by atoms with Gasteiger partial charge in [0.15, 0.2) is 0 Å². The van der Waals surface area contributed by atoms with E-state index in [2.05, 4.69) is 0 Å². The van der Waals surface area contributed by atoms with Gasteiger partial charge in [-0.25, -0.2) is 4.39 Å². The van der Waals surface area contributed by atoms with Gasteiger partial charge in [-0.3, -0.25) is 0 Å². The van der Waals surface area contributed by atoms with Crippen LogP contribution in [-0.2, 0) is 5.60 Å². The van der Waals surface area contributed by atoms with Crippen LogP contribution < -0.4 is 10.5 Å². The molecular formula is C13H20FNO2. The van der Waals surface area contributed by atoms with Crippen LogP contribution in [-0.4, -0.2) is 18.8 Å². The predicted molar refractivity (Wildman–Crippen MR) is 65.4 cm³/mol. The molecule has 96 valence electrons. The van der Waals surface area contributed by atoms with Gasteiger partial charge >= 0.3 is 0 Å². The Morgan fingerprint density at radius 3 is 2.65 bits per heavy atom. The van der Waals surface area contributed by atoms with E-state index in [1.807, 2.05) is 6.92 Å². The number of rotatable bonds is 5. The van der Waals surface area contributed by atoms with Crippen LogP contribution in [0.15, 0.2) is 18.2 Å². The average molecular weight is 241 g/mol. The van der Waals surface area contributed by atoms with Gasteiger partial charge in [0.05, 0.1) is 18.3 Å². The third-order valence-electron chi connectivity index (χ3n) is 3.27. The van der Waals surface area contributed by atoms with E-state index in [4.69, 9.17) is 10.5 Å². The van der Waals surface area contributed by atoms with E-state index in [1.54, 1.807) is 19.1 Å². The molecule has 4 heteroatoms. The average Bonchev–Trinajstić information content (AvgIpc) is 2.29. The molecule has 2 unspecified atom stereocenters. The Morgan fingerprint density at radius 1 is 1.53 bits per heavy atom. The third-order valence-corrected chi connectivity index (χ3v) is 3.27. The number of methoxy groups -OCH3 is 1. The summed E-state index contributed by atoms with van der Waals surface area (Å²) in [6.07, 6.45) is 0.668. The van der Waals surface area contributed by atoms with Crippen molar-refractivity contribution in [2.24, 2.45) is 11.7 Å². The highest BCUT2D eigenvalue weighted by molar-refractivity contribution is 5.39. The molecule has 0 spiro atoms. The molecule has 0 radical (unpaired) electrons. The summed E-state index contributed by atoms with van der Waals surface area (Å²) in [5, 5.41) is 10.5. The molecule has 0 fully saturated rings. The Morgan fingerprint density at radius 2 is 2.18 bits per heavy atom. The fourth-order valence-electron chi connectivity index (χ4n) is 2.16. The van der Waals surface area contributed by atoms with Crippen LogP contribution in [0.25, 0.3) is 0 Å². The van der Waals surface area contributed by atoms with Gasteiger partial charge in [0.1, 0.15) is 11.6 Å². The summed E-state index contributed by atoms with van der Waals surface area (Å²) < 4.78 is 19.0. The van der Waals surface area contributed by atoms with Crippen LogP contribution in [0.3, 0.4) is 0 Å². The molecule has 0 aliphatic carbocycles. The molecule has 0 aliphatic rings. The fraction of sp³-hybridized carbons (Fsp3) is 0.538. The highest BCUT2D eigenvalue weighted by Gasteiger charge is 2.36. The Kier molecular flexibility index (Phi) is 4.48. The minimum Gasteiger partial charge on any atom is -0.496 e. The zero-order valence-corrected chi connectivity index (χ0v) is 10.5. The lowest BCUT2D eigenvalue weighted by Crippen LogP contribution is -2.37. The molecule has 1 rings (SSSR count). The minimum atomic E-state index is -1.33. The summed E-state index contributed by atoms with van der Waals surface area (Å²) >= 11 is 0. The van der Waals surface area contributed by atoms with Crippen molar-refractivity contribution in [2.75, 3.05) is 13.7 Å². The SMILES string of the molecule is CCC(CN)C(C)(O)c1c(F)cccc1OC. The molecule has 0 heterocycles. The molecule has 0 aliphatic heterocycles. The topological polar surface area (TPSA) is 55.5 Å². The van der Waals surface area contributed by atoms with Crippen LogP contribution >= 0.6 is 0 Å². The van der Waals surface area contributed by atoms with E-state index in [9.17, 15) is 9.50 Å². The standard InChI is InChI=1S/C13H20FNO2/c1-4-9(8-15)13(2,16)12-10(14)6-5-7-11(12)17-3/h5-7,9,16H,4,8,15H2,1-3H3. The van der Waals surface area contributed by atoms with Crippen molar-refractivity contribution in [2.45, 2.75) is 25.9 Å². The summed E-state index contributed by atoms with van der Waals surface area (Å²) in [5.41, 5.74) is 4.47. The van der Waals surface area contributed by atoms with Crippen molar-refractivity contribution >= 4 is 0 Å². The number of hydrogen-bond acceptors (Lipinski definition) is 3. The quantitative estimate of drug-likeness (QED) is 0.829. The van der Waals surface area contributed by atoms with Gasteiger partial charge in [0, 0.05) is 5.92 Å². The lowest BCUT2D eigenvalue weighted by Gasteiger charge is -2.33. The number of benzene rings is 1. The second-order valence-corrected chi connectivity index (χ2v) is 4.31. The van der Waals surface area contributed by atoms with Crippen molar-refractivity contribution in [3.05, 3.63) is 29.6 Å². The number of halogens is 1. The molecule has 17 heavy (non-hydrogen) atoms. The number of ether oxygens (including phenoxy) is 1. The van der Waals surface area contributed by atoms with Crippen molar-refractivity contribution in [1.29, 1.82) is 0 Å². The first-order chi connectivity index (χ1) is 7.98. The molecule has 0 saturated heterocycles. The van der Waals surface area contributed by atoms with Gasteiger partial charge in [-0.1, -0.05) is 13.0 Å². The summed E-state index contributed by atoms with van der Waals surface area (Å²) in [5.74, 6) is -0.337. The van der Waals surface area contributed by atoms with Crippen molar-refractivity contribution in [3.8, 4) is 5.75 Å². The maximum Gasteiger partial charge on any atom is 0.133 e. The molecule has 0 amide bonds. The Labute approximate surface area is 101 Å². The maximum atomic E-state index is 13.9. The van der Waals surface area contributed by atoms with E-state index in [0.29, 0.717) is 18.7 Å². The zero-order chi connectivity index (χ0) is 13.1. The Bertz CT molecular complexity index is 376. The van der Waals surface area contributed by atoms with Crippen LogP contribution in [0.5, 0.6) is 5.75 Å². The van der Waals surface area contributed by atoms with Crippen LogP contribution in [0, 0.1) is 11.7 Å². The largest absolute Gasteiger partial charge is 0.496 e. The molecule has 3 nitrogen and oxygen atoms in total. The van der Waals surface area contributed by atoms with Gasteiger partial charge < -0.3 is 15.6 Å². The monoisotopic (exact) mass is 241 g/mol. The molecule has 0 saturated carbocycles. The first-order valence-electron chi connectivity index (χ1n) is 5.74. The molecule has 0 aromatic heterocycles. The zero-order valence-electron chi connectivity index (χ0n) is 10.5. The Hall–Kier alpha value is -1.13. The van der Waals surface area contributed by atoms with Crippen molar-refractivity contribution in [1.82, 2.24) is 0 Å². The molecule has 2 atom stereocenters. The highest BCUT2D eigenvalue weighted by Crippen LogP contribution is 2.38. The van der Waals surface area contributed by atoms with Crippen molar-refractivity contribution < 1.29 is 14.2 Å². The van der Waals surface area contributed by atoms with Crippen LogP contribution in [0.4, 0.5) is 4.39 Å². The smallest absolute Gasteiger partial charge is 0.133 e. The van der Waals surface area contributed by atoms with E-state index in [-0.39, 0.29) is 11.5 Å². The lowest BCUT2D eigenvalue weighted by atomic mass is 9.80. The normalized spacial score (nSPS) is 16.4. The van der Waals surface area contributed by atoms with E-state index in [1.165, 1.54) is 13.2 Å². The number of nitrogens with two attached hydrogens (primary N) is 1. The lowest BCUT2D eigenvalue weighted by molar-refractivity contribution is -0.00912. The van der Waals surface area contributed by atoms with Gasteiger partial charge in [0.2, 0.25) is 0 Å². The van der Waals surface area contributed by atoms with Crippen molar-refractivity contribution in [3.63, 3.8) is 0 Å². The molecule has 1 aromatic rings. The molecule has 3 N–H and O–H groups in total. The second-order valence-electron chi connectivity index (χ2n) is 4.31. The molecule has 1 aromatic carbocycles. The maximum absolute atomic E-state index is 13.9. The van der Waals surface area contributed by atoms with Gasteiger partial charge in [-0.15, -0.1) is 0 Å². The third kappa shape index (κ3) is 2.58. The summed E-state index contributed by atoms with van der Waals surface area (Å²) in [6.45, 7) is 3.79.